The molecule has 0 saturated heterocycles. The summed E-state index contributed by atoms with van der Waals surface area (Å²) in [5.41, 5.74) is 2.03. The maximum atomic E-state index is 12.7. The average molecular weight is 400 g/mol. The third kappa shape index (κ3) is 4.01. The summed E-state index contributed by atoms with van der Waals surface area (Å²) in [7, 11) is 6.12. The first kappa shape index (κ1) is 19.5. The van der Waals surface area contributed by atoms with Crippen LogP contribution in [0.5, 0.6) is 23.0 Å². The van der Waals surface area contributed by atoms with Gasteiger partial charge in [0, 0.05) is 16.5 Å². The number of rotatable bonds is 7. The lowest BCUT2D eigenvalue weighted by Crippen LogP contribution is -2.12. The molecule has 3 aromatic rings. The number of nitrogens with one attached hydrogen (secondary N) is 1. The van der Waals surface area contributed by atoms with E-state index in [0.717, 1.165) is 17.0 Å². The van der Waals surface area contributed by atoms with E-state index in [0.29, 0.717) is 27.9 Å². The fraction of sp³-hybridized carbons (Fsp3) is 0.200. The Bertz CT molecular complexity index is 961. The highest BCUT2D eigenvalue weighted by atomic mass is 32.1. The Morgan fingerprint density at radius 3 is 2.29 bits per heavy atom. The molecule has 0 saturated carbocycles. The van der Waals surface area contributed by atoms with Crippen molar-refractivity contribution in [2.45, 2.75) is 0 Å². The first-order valence-corrected chi connectivity index (χ1v) is 9.19. The lowest BCUT2D eigenvalue weighted by atomic mass is 10.1. The van der Waals surface area contributed by atoms with Crippen molar-refractivity contribution in [2.24, 2.45) is 0 Å². The second kappa shape index (κ2) is 8.62. The monoisotopic (exact) mass is 400 g/mol. The molecule has 0 aliphatic carbocycles. The summed E-state index contributed by atoms with van der Waals surface area (Å²) in [6, 6.07) is 10.8. The standard InChI is InChI=1S/C20H20N2O5S/c1-24-14-7-5-6-12(8-14)15-11-28-20(21-15)22-19(23)13-9-16(25-2)18(27-4)17(10-13)26-3/h5-11H,1-4H3,(H,21,22,23). The van der Waals surface area contributed by atoms with E-state index in [2.05, 4.69) is 10.3 Å². The van der Waals surface area contributed by atoms with Crippen LogP contribution in [0.15, 0.2) is 41.8 Å². The minimum atomic E-state index is -0.328. The molecule has 7 nitrogen and oxygen atoms in total. The third-order valence-electron chi connectivity index (χ3n) is 4.02. The summed E-state index contributed by atoms with van der Waals surface area (Å²) in [5, 5.41) is 5.16. The van der Waals surface area contributed by atoms with Crippen molar-refractivity contribution in [1.29, 1.82) is 0 Å². The van der Waals surface area contributed by atoms with Crippen LogP contribution in [-0.4, -0.2) is 39.3 Å². The quantitative estimate of drug-likeness (QED) is 0.643. The van der Waals surface area contributed by atoms with Gasteiger partial charge in [-0.25, -0.2) is 4.98 Å². The number of amides is 1. The SMILES string of the molecule is COc1cccc(-c2csc(NC(=O)c3cc(OC)c(OC)c(OC)c3)n2)c1. The summed E-state index contributed by atoms with van der Waals surface area (Å²) in [4.78, 5) is 17.2. The van der Waals surface area contributed by atoms with Gasteiger partial charge in [-0.1, -0.05) is 12.1 Å². The number of benzene rings is 2. The first-order chi connectivity index (χ1) is 13.6. The Balaban J connectivity index is 1.83. The van der Waals surface area contributed by atoms with E-state index in [1.807, 2.05) is 29.6 Å². The highest BCUT2D eigenvalue weighted by molar-refractivity contribution is 7.14. The Morgan fingerprint density at radius 1 is 0.964 bits per heavy atom. The lowest BCUT2D eigenvalue weighted by Gasteiger charge is -2.13. The number of ether oxygens (including phenoxy) is 4. The zero-order valence-corrected chi connectivity index (χ0v) is 16.8. The van der Waals surface area contributed by atoms with Crippen LogP contribution in [0.1, 0.15) is 10.4 Å². The second-order valence-electron chi connectivity index (χ2n) is 5.64. The average Bonchev–Trinajstić information content (AvgIpc) is 3.21. The van der Waals surface area contributed by atoms with Gasteiger partial charge in [0.15, 0.2) is 16.6 Å². The van der Waals surface area contributed by atoms with Crippen LogP contribution in [0.3, 0.4) is 0 Å². The van der Waals surface area contributed by atoms with Gasteiger partial charge in [-0.05, 0) is 24.3 Å². The van der Waals surface area contributed by atoms with Crippen LogP contribution in [-0.2, 0) is 0 Å². The van der Waals surface area contributed by atoms with E-state index in [4.69, 9.17) is 18.9 Å². The molecule has 1 amide bonds. The number of hydrogen-bond acceptors (Lipinski definition) is 7. The van der Waals surface area contributed by atoms with Gasteiger partial charge in [0.2, 0.25) is 5.75 Å². The maximum Gasteiger partial charge on any atom is 0.257 e. The number of methoxy groups -OCH3 is 4. The number of aromatic nitrogens is 1. The Labute approximate surface area is 166 Å². The van der Waals surface area contributed by atoms with E-state index in [1.54, 1.807) is 19.2 Å². The predicted molar refractivity (Wildman–Crippen MR) is 108 cm³/mol. The minimum absolute atomic E-state index is 0.328. The number of thiazole rings is 1. The molecule has 0 fully saturated rings. The molecule has 0 bridgehead atoms. The predicted octanol–water partition coefficient (Wildman–Crippen LogP) is 4.10. The molecule has 3 rings (SSSR count). The molecule has 1 heterocycles. The smallest absolute Gasteiger partial charge is 0.257 e. The van der Waals surface area contributed by atoms with Crippen LogP contribution >= 0.6 is 11.3 Å². The van der Waals surface area contributed by atoms with E-state index in [1.165, 1.54) is 32.7 Å². The molecule has 0 radical (unpaired) electrons. The van der Waals surface area contributed by atoms with Crippen LogP contribution in [0.2, 0.25) is 0 Å². The molecular weight excluding hydrogens is 380 g/mol. The van der Waals surface area contributed by atoms with Gasteiger partial charge < -0.3 is 18.9 Å². The normalized spacial score (nSPS) is 10.3. The molecule has 1 aromatic heterocycles. The number of nitrogens with zero attached hydrogens (tertiary/aromatic N) is 1. The fourth-order valence-corrected chi connectivity index (χ4v) is 3.34. The van der Waals surface area contributed by atoms with Crippen molar-refractivity contribution < 1.29 is 23.7 Å². The molecular formula is C20H20N2O5S. The fourth-order valence-electron chi connectivity index (χ4n) is 2.63. The van der Waals surface area contributed by atoms with Crippen LogP contribution in [0.25, 0.3) is 11.3 Å². The third-order valence-corrected chi connectivity index (χ3v) is 4.77. The topological polar surface area (TPSA) is 78.9 Å². The molecule has 0 spiro atoms. The molecule has 0 unspecified atom stereocenters. The second-order valence-corrected chi connectivity index (χ2v) is 6.50. The van der Waals surface area contributed by atoms with Gasteiger partial charge in [0.25, 0.3) is 5.91 Å². The number of hydrogen-bond donors (Lipinski definition) is 1. The summed E-state index contributed by atoms with van der Waals surface area (Å²) < 4.78 is 21.1. The highest BCUT2D eigenvalue weighted by Crippen LogP contribution is 2.38. The van der Waals surface area contributed by atoms with Crippen molar-refractivity contribution in [1.82, 2.24) is 4.98 Å². The van der Waals surface area contributed by atoms with Crippen molar-refractivity contribution >= 4 is 22.4 Å². The van der Waals surface area contributed by atoms with Gasteiger partial charge in [-0.3, -0.25) is 10.1 Å². The van der Waals surface area contributed by atoms with E-state index in [9.17, 15) is 4.79 Å². The minimum Gasteiger partial charge on any atom is -0.497 e. The highest BCUT2D eigenvalue weighted by Gasteiger charge is 2.18. The molecule has 0 atom stereocenters. The van der Waals surface area contributed by atoms with Gasteiger partial charge in [0.05, 0.1) is 34.1 Å². The summed E-state index contributed by atoms with van der Waals surface area (Å²) in [5.74, 6) is 1.65. The summed E-state index contributed by atoms with van der Waals surface area (Å²) in [6.07, 6.45) is 0. The van der Waals surface area contributed by atoms with Gasteiger partial charge >= 0.3 is 0 Å². The lowest BCUT2D eigenvalue weighted by molar-refractivity contribution is 0.102. The molecule has 1 N–H and O–H groups in total. The molecule has 0 aliphatic rings. The van der Waals surface area contributed by atoms with Crippen LogP contribution in [0, 0.1) is 0 Å². The molecule has 2 aromatic carbocycles. The maximum absolute atomic E-state index is 12.7. The van der Waals surface area contributed by atoms with Crippen molar-refractivity contribution in [3.05, 3.63) is 47.3 Å². The summed E-state index contributed by atoms with van der Waals surface area (Å²) >= 11 is 1.34. The molecule has 0 aliphatic heterocycles. The van der Waals surface area contributed by atoms with Crippen molar-refractivity contribution in [3.63, 3.8) is 0 Å². The Morgan fingerprint density at radius 2 is 1.68 bits per heavy atom. The molecule has 28 heavy (non-hydrogen) atoms. The molecule has 8 heteroatoms. The zero-order chi connectivity index (χ0) is 20.1. The van der Waals surface area contributed by atoms with Crippen molar-refractivity contribution in [3.8, 4) is 34.3 Å². The van der Waals surface area contributed by atoms with E-state index < -0.39 is 0 Å². The van der Waals surface area contributed by atoms with E-state index in [-0.39, 0.29) is 5.91 Å². The number of carbonyl (C=O) groups excluding carboxylic acids is 1. The Kier molecular flexibility index (Phi) is 6.00. The number of carbonyl (C=O) groups is 1. The first-order valence-electron chi connectivity index (χ1n) is 8.31. The zero-order valence-electron chi connectivity index (χ0n) is 15.9. The van der Waals surface area contributed by atoms with Gasteiger partial charge in [-0.15, -0.1) is 11.3 Å². The summed E-state index contributed by atoms with van der Waals surface area (Å²) in [6.45, 7) is 0. The Hall–Kier alpha value is -3.26. The van der Waals surface area contributed by atoms with Gasteiger partial charge in [0.1, 0.15) is 5.75 Å². The molecule has 146 valence electrons. The van der Waals surface area contributed by atoms with Crippen LogP contribution in [0.4, 0.5) is 5.13 Å². The van der Waals surface area contributed by atoms with Crippen molar-refractivity contribution in [2.75, 3.05) is 33.8 Å². The van der Waals surface area contributed by atoms with E-state index >= 15 is 0 Å². The number of anilines is 1. The van der Waals surface area contributed by atoms with Crippen LogP contribution < -0.4 is 24.3 Å². The largest absolute Gasteiger partial charge is 0.497 e. The van der Waals surface area contributed by atoms with Gasteiger partial charge in [-0.2, -0.15) is 0 Å².